The smallest absolute Gasteiger partial charge is 0.142 e. The van der Waals surface area contributed by atoms with Gasteiger partial charge in [0.2, 0.25) is 0 Å². The van der Waals surface area contributed by atoms with E-state index in [0.29, 0.717) is 38.0 Å². The number of benzene rings is 1. The molecule has 8 rings (SSSR count). The maximum atomic E-state index is 11.3. The van der Waals surface area contributed by atoms with Gasteiger partial charge in [-0.3, -0.25) is 16.0 Å². The standard InChI is InChI=1S/C34H56N8O3/c1-41(24-14-20(15-24)10-13-28-39-25-12-11-22(16-26(25)40-28)21-6-5-7-21)17-27-29(43)30(44)31(45-27)42-19-38-34(23-8-3-2-4-9-23)32(35)36-18-37-33(34)42/h11-12,16,20-21,23-24,27-33,36-40,43-44H,2-10,13-15,17-19,35H2,1H3/t20?,24?,27-,28?,29-,30-,31-,32?,33?,34?/m1/s1. The summed E-state index contributed by atoms with van der Waals surface area (Å²) < 4.78 is 6.51. The second kappa shape index (κ2) is 12.5. The molecule has 45 heavy (non-hydrogen) atoms. The van der Waals surface area contributed by atoms with E-state index in [4.69, 9.17) is 10.5 Å². The van der Waals surface area contributed by atoms with Gasteiger partial charge in [0.1, 0.15) is 24.5 Å². The molecular weight excluding hydrogens is 568 g/mol. The number of ether oxygens (including phenoxy) is 1. The van der Waals surface area contributed by atoms with Crippen LogP contribution in [0.1, 0.15) is 88.5 Å². The van der Waals surface area contributed by atoms with Crippen LogP contribution in [-0.4, -0.2) is 102 Å². The molecule has 0 aromatic heterocycles. The predicted octanol–water partition coefficient (Wildman–Crippen LogP) is 2.00. The van der Waals surface area contributed by atoms with Crippen LogP contribution in [0.2, 0.25) is 0 Å². The molecule has 0 radical (unpaired) electrons. The number of aliphatic hydroxyl groups excluding tert-OH is 2. The Hall–Kier alpha value is -1.54. The SMILES string of the molecule is CN(C[C@H]1O[C@@H](N2CNC3(C4CCCCC4)C(N)NCNC23)[C@H](O)[C@@H]1O)C1CC(CCC2Nc3ccc(C4CCC4)cc3N2)C1. The van der Waals surface area contributed by atoms with Gasteiger partial charge in [0.15, 0.2) is 0 Å². The number of nitrogens with two attached hydrogens (primary N) is 1. The Kier molecular flexibility index (Phi) is 8.54. The lowest BCUT2D eigenvalue weighted by molar-refractivity contribution is -0.117. The summed E-state index contributed by atoms with van der Waals surface area (Å²) in [6.07, 6.45) is 12.0. The molecule has 11 heteroatoms. The average molecular weight is 625 g/mol. The highest BCUT2D eigenvalue weighted by Crippen LogP contribution is 2.44. The van der Waals surface area contributed by atoms with E-state index in [0.717, 1.165) is 31.1 Å². The fraction of sp³-hybridized carbons (Fsp3) is 0.824. The lowest BCUT2D eigenvalue weighted by Gasteiger charge is -2.52. The molecule has 3 aliphatic carbocycles. The normalized spacial score (nSPS) is 42.1. The summed E-state index contributed by atoms with van der Waals surface area (Å²) in [5.41, 5.74) is 10.4. The summed E-state index contributed by atoms with van der Waals surface area (Å²) in [7, 11) is 2.14. The quantitative estimate of drug-likeness (QED) is 0.205. The molecule has 0 spiro atoms. The van der Waals surface area contributed by atoms with Gasteiger partial charge in [-0.15, -0.1) is 0 Å². The minimum atomic E-state index is -0.963. The molecule has 3 saturated carbocycles. The van der Waals surface area contributed by atoms with Crippen LogP contribution in [0.15, 0.2) is 18.2 Å². The molecule has 1 aromatic rings. The first kappa shape index (κ1) is 30.8. The van der Waals surface area contributed by atoms with Gasteiger partial charge < -0.3 is 36.2 Å². The molecule has 4 unspecified atom stereocenters. The van der Waals surface area contributed by atoms with Crippen LogP contribution in [0.5, 0.6) is 0 Å². The Balaban J connectivity index is 0.816. The monoisotopic (exact) mass is 624 g/mol. The second-order valence-corrected chi connectivity index (χ2v) is 15.4. The first-order valence-corrected chi connectivity index (χ1v) is 18.0. The number of nitrogens with one attached hydrogen (secondary N) is 5. The van der Waals surface area contributed by atoms with Crippen molar-refractivity contribution in [3.8, 4) is 0 Å². The average Bonchev–Trinajstić information content (AvgIpc) is 3.67. The Morgan fingerprint density at radius 1 is 0.978 bits per heavy atom. The highest BCUT2D eigenvalue weighted by molar-refractivity contribution is 5.75. The third-order valence-electron chi connectivity index (χ3n) is 12.9. The van der Waals surface area contributed by atoms with Crippen molar-refractivity contribution < 1.29 is 14.9 Å². The van der Waals surface area contributed by atoms with Crippen molar-refractivity contribution in [1.82, 2.24) is 25.8 Å². The molecule has 250 valence electrons. The van der Waals surface area contributed by atoms with Crippen molar-refractivity contribution in [2.75, 3.05) is 37.6 Å². The molecule has 11 nitrogen and oxygen atoms in total. The maximum Gasteiger partial charge on any atom is 0.142 e. The van der Waals surface area contributed by atoms with E-state index in [2.05, 4.69) is 61.6 Å². The number of likely N-dealkylation sites (N-methyl/N-ethyl adjacent to an activating group) is 1. The highest BCUT2D eigenvalue weighted by atomic mass is 16.6. The van der Waals surface area contributed by atoms with Gasteiger partial charge in [0.25, 0.3) is 0 Å². The summed E-state index contributed by atoms with van der Waals surface area (Å²) in [6, 6.07) is 7.43. The summed E-state index contributed by atoms with van der Waals surface area (Å²) in [4.78, 5) is 4.52. The zero-order valence-electron chi connectivity index (χ0n) is 27.0. The van der Waals surface area contributed by atoms with Gasteiger partial charge >= 0.3 is 0 Å². The molecule has 3 saturated heterocycles. The van der Waals surface area contributed by atoms with Crippen molar-refractivity contribution in [3.63, 3.8) is 0 Å². The van der Waals surface area contributed by atoms with Crippen molar-refractivity contribution in [1.29, 1.82) is 0 Å². The molecule has 0 bridgehead atoms. The largest absolute Gasteiger partial charge is 0.387 e. The molecule has 0 amide bonds. The molecule has 1 aromatic carbocycles. The van der Waals surface area contributed by atoms with Crippen molar-refractivity contribution >= 4 is 11.4 Å². The van der Waals surface area contributed by atoms with E-state index in [-0.39, 0.29) is 17.9 Å². The first-order chi connectivity index (χ1) is 21.9. The van der Waals surface area contributed by atoms with E-state index < -0.39 is 24.5 Å². The molecule has 6 fully saturated rings. The molecule has 4 heterocycles. The first-order valence-electron chi connectivity index (χ1n) is 18.0. The van der Waals surface area contributed by atoms with E-state index in [9.17, 15) is 10.2 Å². The summed E-state index contributed by atoms with van der Waals surface area (Å²) in [6.45, 7) is 1.80. The van der Waals surface area contributed by atoms with Crippen molar-refractivity contribution in [2.45, 2.75) is 138 Å². The molecule has 7 aliphatic rings. The van der Waals surface area contributed by atoms with Crippen LogP contribution in [-0.2, 0) is 4.74 Å². The van der Waals surface area contributed by atoms with Gasteiger partial charge in [-0.2, -0.15) is 0 Å². The number of nitrogens with zero attached hydrogens (tertiary/aromatic N) is 2. The van der Waals surface area contributed by atoms with Crippen LogP contribution >= 0.6 is 0 Å². The number of hydrogen-bond donors (Lipinski definition) is 8. The summed E-state index contributed by atoms with van der Waals surface area (Å²) >= 11 is 0. The van der Waals surface area contributed by atoms with E-state index in [1.165, 1.54) is 74.7 Å². The van der Waals surface area contributed by atoms with Crippen LogP contribution in [0.3, 0.4) is 0 Å². The van der Waals surface area contributed by atoms with Gasteiger partial charge in [-0.1, -0.05) is 31.7 Å². The zero-order valence-corrected chi connectivity index (χ0v) is 27.0. The fourth-order valence-corrected chi connectivity index (χ4v) is 9.77. The van der Waals surface area contributed by atoms with E-state index >= 15 is 0 Å². The predicted molar refractivity (Wildman–Crippen MR) is 175 cm³/mol. The maximum absolute atomic E-state index is 11.3. The molecule has 8 atom stereocenters. The number of fused-ring (bicyclic) bond motifs is 2. The van der Waals surface area contributed by atoms with Crippen LogP contribution in [0.25, 0.3) is 0 Å². The molecule has 4 aliphatic heterocycles. The third-order valence-corrected chi connectivity index (χ3v) is 12.9. The molecular formula is C34H56N8O3. The second-order valence-electron chi connectivity index (χ2n) is 15.4. The van der Waals surface area contributed by atoms with E-state index in [1.807, 2.05) is 0 Å². The highest BCUT2D eigenvalue weighted by Gasteiger charge is 2.61. The summed E-state index contributed by atoms with van der Waals surface area (Å²) in [5, 5.41) is 40.7. The minimum Gasteiger partial charge on any atom is -0.387 e. The minimum absolute atomic E-state index is 0.0611. The third kappa shape index (κ3) is 5.50. The summed E-state index contributed by atoms with van der Waals surface area (Å²) in [5.74, 6) is 1.94. The Bertz CT molecular complexity index is 1190. The number of anilines is 2. The van der Waals surface area contributed by atoms with Crippen LogP contribution in [0, 0.1) is 11.8 Å². The van der Waals surface area contributed by atoms with Crippen LogP contribution in [0.4, 0.5) is 11.4 Å². The van der Waals surface area contributed by atoms with Gasteiger partial charge in [-0.05, 0) is 93.9 Å². The zero-order chi connectivity index (χ0) is 30.7. The Morgan fingerprint density at radius 2 is 1.78 bits per heavy atom. The molecule has 9 N–H and O–H groups in total. The van der Waals surface area contributed by atoms with Gasteiger partial charge in [0, 0.05) is 19.3 Å². The topological polar surface area (TPSA) is 142 Å². The fourth-order valence-electron chi connectivity index (χ4n) is 9.77. The Morgan fingerprint density at radius 3 is 2.56 bits per heavy atom. The van der Waals surface area contributed by atoms with E-state index in [1.54, 1.807) is 0 Å². The van der Waals surface area contributed by atoms with Crippen LogP contribution < -0.4 is 32.3 Å². The number of aliphatic hydroxyl groups is 2. The van der Waals surface area contributed by atoms with Gasteiger partial charge in [-0.25, -0.2) is 4.90 Å². The number of rotatable bonds is 9. The van der Waals surface area contributed by atoms with Crippen molar-refractivity contribution in [2.24, 2.45) is 17.6 Å². The van der Waals surface area contributed by atoms with Gasteiger partial charge in [0.05, 0.1) is 42.1 Å². The van der Waals surface area contributed by atoms with Crippen molar-refractivity contribution in [3.05, 3.63) is 23.8 Å². The lowest BCUT2D eigenvalue weighted by Crippen LogP contribution is -2.78. The Labute approximate surface area is 268 Å². The number of hydrogen-bond acceptors (Lipinski definition) is 11. The lowest BCUT2D eigenvalue weighted by atomic mass is 9.71.